The lowest BCUT2D eigenvalue weighted by Gasteiger charge is -2.34. The number of hydrogen-bond acceptors (Lipinski definition) is 4. The summed E-state index contributed by atoms with van der Waals surface area (Å²) < 4.78 is 0. The Morgan fingerprint density at radius 2 is 1.70 bits per heavy atom. The number of amides is 2. The number of aryl methyl sites for hydroxylation is 1. The minimum Gasteiger partial charge on any atom is -0.351 e. The highest BCUT2D eigenvalue weighted by molar-refractivity contribution is 6.10. The molecule has 0 aliphatic heterocycles. The van der Waals surface area contributed by atoms with E-state index in [1.807, 2.05) is 38.1 Å². The fourth-order valence-electron chi connectivity index (χ4n) is 4.48. The van der Waals surface area contributed by atoms with Gasteiger partial charge in [-0.05, 0) is 62.1 Å². The van der Waals surface area contributed by atoms with Crippen LogP contribution in [0.2, 0.25) is 0 Å². The Labute approximate surface area is 195 Å². The normalized spacial score (nSPS) is 15.0. The van der Waals surface area contributed by atoms with Crippen molar-refractivity contribution >= 4 is 17.5 Å². The van der Waals surface area contributed by atoms with E-state index in [0.29, 0.717) is 16.8 Å². The van der Waals surface area contributed by atoms with Crippen LogP contribution >= 0.6 is 0 Å². The van der Waals surface area contributed by atoms with E-state index in [-0.39, 0.29) is 17.9 Å². The highest BCUT2D eigenvalue weighted by atomic mass is 16.2. The van der Waals surface area contributed by atoms with Crippen LogP contribution in [0.15, 0.2) is 67.3 Å². The third-order valence-corrected chi connectivity index (χ3v) is 6.44. The molecule has 1 fully saturated rings. The lowest BCUT2D eigenvalue weighted by molar-refractivity contribution is -0.123. The number of carbonyl (C=O) groups excluding carboxylic acids is 2. The van der Waals surface area contributed by atoms with Crippen molar-refractivity contribution in [3.05, 3.63) is 89.5 Å². The topological polar surface area (TPSA) is 75.2 Å². The Morgan fingerprint density at radius 3 is 2.39 bits per heavy atom. The van der Waals surface area contributed by atoms with Gasteiger partial charge in [-0.15, -0.1) is 0 Å². The summed E-state index contributed by atoms with van der Waals surface area (Å²) in [5, 5.41) is 3.24. The maximum atomic E-state index is 13.9. The van der Waals surface area contributed by atoms with Gasteiger partial charge in [0, 0.05) is 47.6 Å². The van der Waals surface area contributed by atoms with Crippen LogP contribution in [0.4, 0.5) is 5.69 Å². The van der Waals surface area contributed by atoms with Gasteiger partial charge in [0.05, 0.1) is 0 Å². The minimum atomic E-state index is -0.846. The number of carbonyl (C=O) groups is 2. The third-order valence-electron chi connectivity index (χ3n) is 6.44. The van der Waals surface area contributed by atoms with Crippen LogP contribution in [0, 0.1) is 13.8 Å². The number of pyridine rings is 2. The lowest BCUT2D eigenvalue weighted by atomic mass is 9.94. The first-order valence-electron chi connectivity index (χ1n) is 11.6. The van der Waals surface area contributed by atoms with E-state index in [9.17, 15) is 9.59 Å². The molecule has 3 aromatic rings. The number of hydrogen-bond donors (Lipinski definition) is 1. The molecule has 4 rings (SSSR count). The van der Waals surface area contributed by atoms with E-state index in [1.165, 1.54) is 6.42 Å². The molecule has 2 aromatic heterocycles. The van der Waals surface area contributed by atoms with Gasteiger partial charge in [-0.1, -0.05) is 37.5 Å². The molecule has 33 heavy (non-hydrogen) atoms. The van der Waals surface area contributed by atoms with Gasteiger partial charge >= 0.3 is 0 Å². The Kier molecular flexibility index (Phi) is 7.13. The monoisotopic (exact) mass is 442 g/mol. The molecular formula is C27H30N4O2. The fourth-order valence-corrected chi connectivity index (χ4v) is 4.48. The molecule has 1 unspecified atom stereocenters. The average molecular weight is 443 g/mol. The predicted molar refractivity (Wildman–Crippen MR) is 129 cm³/mol. The van der Waals surface area contributed by atoms with Gasteiger partial charge in [0.15, 0.2) is 0 Å². The molecule has 170 valence electrons. The zero-order valence-electron chi connectivity index (χ0n) is 19.2. The molecule has 1 aliphatic carbocycles. The minimum absolute atomic E-state index is 0.127. The lowest BCUT2D eigenvalue weighted by Crippen LogP contribution is -2.47. The van der Waals surface area contributed by atoms with Gasteiger partial charge < -0.3 is 5.32 Å². The summed E-state index contributed by atoms with van der Waals surface area (Å²) >= 11 is 0. The Morgan fingerprint density at radius 1 is 0.939 bits per heavy atom. The fraction of sp³-hybridized carbons (Fsp3) is 0.333. The zero-order chi connectivity index (χ0) is 23.2. The molecule has 6 nitrogen and oxygen atoms in total. The summed E-state index contributed by atoms with van der Waals surface area (Å²) in [5.74, 6) is -0.433. The number of benzene rings is 1. The summed E-state index contributed by atoms with van der Waals surface area (Å²) in [6.07, 6.45) is 11.9. The standard InChI is InChI=1S/C27H30N4O2/c1-19-8-6-12-24(20(19)2)31(27(33)21-13-16-28-17-14-21)25(22-9-7-15-29-18-22)26(32)30-23-10-4-3-5-11-23/h6-9,12-18,23,25H,3-5,10-11H2,1-2H3,(H,30,32). The highest BCUT2D eigenvalue weighted by Gasteiger charge is 2.35. The Bertz CT molecular complexity index is 1100. The molecule has 1 N–H and O–H groups in total. The van der Waals surface area contributed by atoms with Crippen LogP contribution < -0.4 is 10.2 Å². The van der Waals surface area contributed by atoms with Crippen LogP contribution in [0.25, 0.3) is 0 Å². The molecule has 2 heterocycles. The van der Waals surface area contributed by atoms with Gasteiger partial charge in [-0.3, -0.25) is 24.5 Å². The maximum Gasteiger partial charge on any atom is 0.259 e. The third kappa shape index (κ3) is 5.11. The number of rotatable bonds is 6. The van der Waals surface area contributed by atoms with Gasteiger partial charge in [0.2, 0.25) is 5.91 Å². The van der Waals surface area contributed by atoms with Crippen molar-refractivity contribution in [1.29, 1.82) is 0 Å². The molecule has 0 spiro atoms. The quantitative estimate of drug-likeness (QED) is 0.587. The van der Waals surface area contributed by atoms with Crippen molar-refractivity contribution in [1.82, 2.24) is 15.3 Å². The zero-order valence-corrected chi connectivity index (χ0v) is 19.2. The highest BCUT2D eigenvalue weighted by Crippen LogP contribution is 2.33. The van der Waals surface area contributed by atoms with Crippen molar-refractivity contribution < 1.29 is 9.59 Å². The molecule has 1 saturated carbocycles. The largest absolute Gasteiger partial charge is 0.351 e. The van der Waals surface area contributed by atoms with Gasteiger partial charge in [0.25, 0.3) is 5.91 Å². The van der Waals surface area contributed by atoms with Crippen LogP contribution in [0.3, 0.4) is 0 Å². The molecule has 1 aliphatic rings. The number of anilines is 1. The second-order valence-electron chi connectivity index (χ2n) is 8.66. The van der Waals surface area contributed by atoms with Gasteiger partial charge in [-0.2, -0.15) is 0 Å². The van der Waals surface area contributed by atoms with Crippen molar-refractivity contribution in [2.45, 2.75) is 58.0 Å². The van der Waals surface area contributed by atoms with E-state index >= 15 is 0 Å². The maximum absolute atomic E-state index is 13.9. The smallest absolute Gasteiger partial charge is 0.259 e. The molecule has 1 atom stereocenters. The molecule has 1 aromatic carbocycles. The van der Waals surface area contributed by atoms with E-state index < -0.39 is 6.04 Å². The number of aromatic nitrogens is 2. The van der Waals surface area contributed by atoms with Crippen LogP contribution in [-0.2, 0) is 4.79 Å². The summed E-state index contributed by atoms with van der Waals surface area (Å²) in [4.78, 5) is 37.7. The molecule has 2 amide bonds. The van der Waals surface area contributed by atoms with Crippen LogP contribution in [0.5, 0.6) is 0 Å². The molecule has 0 radical (unpaired) electrons. The van der Waals surface area contributed by atoms with Crippen molar-refractivity contribution in [3.63, 3.8) is 0 Å². The Balaban J connectivity index is 1.82. The van der Waals surface area contributed by atoms with Gasteiger partial charge in [-0.25, -0.2) is 0 Å². The first-order valence-corrected chi connectivity index (χ1v) is 11.6. The Hall–Kier alpha value is -3.54. The first-order chi connectivity index (χ1) is 16.1. The summed E-state index contributed by atoms with van der Waals surface area (Å²) in [5.41, 5.74) is 3.88. The van der Waals surface area contributed by atoms with Crippen LogP contribution in [-0.4, -0.2) is 27.8 Å². The summed E-state index contributed by atoms with van der Waals surface area (Å²) in [6.45, 7) is 3.99. The number of nitrogens with zero attached hydrogens (tertiary/aromatic N) is 3. The van der Waals surface area contributed by atoms with Gasteiger partial charge in [0.1, 0.15) is 6.04 Å². The molecule has 6 heteroatoms. The van der Waals surface area contributed by atoms with E-state index in [2.05, 4.69) is 15.3 Å². The van der Waals surface area contributed by atoms with E-state index in [0.717, 1.165) is 36.8 Å². The van der Waals surface area contributed by atoms with Crippen molar-refractivity contribution in [3.8, 4) is 0 Å². The van der Waals surface area contributed by atoms with Crippen LogP contribution in [0.1, 0.15) is 65.2 Å². The second-order valence-corrected chi connectivity index (χ2v) is 8.66. The van der Waals surface area contributed by atoms with E-state index in [1.54, 1.807) is 47.9 Å². The molecular weight excluding hydrogens is 412 g/mol. The van der Waals surface area contributed by atoms with Crippen molar-refractivity contribution in [2.75, 3.05) is 4.90 Å². The molecule has 0 bridgehead atoms. The van der Waals surface area contributed by atoms with E-state index in [4.69, 9.17) is 0 Å². The summed E-state index contributed by atoms with van der Waals surface area (Å²) in [7, 11) is 0. The average Bonchev–Trinajstić information content (AvgIpc) is 2.85. The first kappa shape index (κ1) is 22.6. The summed E-state index contributed by atoms with van der Waals surface area (Å²) in [6, 6.07) is 12.1. The SMILES string of the molecule is Cc1cccc(N(C(=O)c2ccncc2)C(C(=O)NC2CCCCC2)c2cccnc2)c1C. The van der Waals surface area contributed by atoms with Crippen molar-refractivity contribution in [2.24, 2.45) is 0 Å². The second kappa shape index (κ2) is 10.4. The number of nitrogens with one attached hydrogen (secondary N) is 1. The predicted octanol–water partition coefficient (Wildman–Crippen LogP) is 4.93. The molecule has 0 saturated heterocycles.